The Bertz CT molecular complexity index is 581. The highest BCUT2D eigenvalue weighted by atomic mass is 16.5. The van der Waals surface area contributed by atoms with Gasteiger partial charge < -0.3 is 15.6 Å². The van der Waals surface area contributed by atoms with Crippen LogP contribution in [0.2, 0.25) is 0 Å². The smallest absolute Gasteiger partial charge is 0.121 e. The van der Waals surface area contributed by atoms with E-state index in [1.54, 1.807) is 12.1 Å². The first-order valence-electron chi connectivity index (χ1n) is 7.34. The van der Waals surface area contributed by atoms with E-state index in [0.29, 0.717) is 18.0 Å². The number of aliphatic hydroxyl groups is 1. The van der Waals surface area contributed by atoms with Gasteiger partial charge in [-0.15, -0.1) is 0 Å². The molecule has 114 valence electrons. The van der Waals surface area contributed by atoms with Gasteiger partial charge in [-0.1, -0.05) is 19.9 Å². The minimum atomic E-state index is -0.610. The van der Waals surface area contributed by atoms with Crippen molar-refractivity contribution >= 4 is 5.69 Å². The molecular weight excluding hydrogens is 266 g/mol. The van der Waals surface area contributed by atoms with Crippen molar-refractivity contribution in [1.82, 2.24) is 9.78 Å². The van der Waals surface area contributed by atoms with Crippen molar-refractivity contribution in [2.24, 2.45) is 0 Å². The molecule has 0 bridgehead atoms. The summed E-state index contributed by atoms with van der Waals surface area (Å²) < 4.78 is 7.42. The lowest BCUT2D eigenvalue weighted by molar-refractivity contribution is 0.0885. The van der Waals surface area contributed by atoms with Gasteiger partial charge in [0.1, 0.15) is 18.5 Å². The van der Waals surface area contributed by atoms with E-state index in [2.05, 4.69) is 25.0 Å². The maximum Gasteiger partial charge on any atom is 0.121 e. The number of hydrogen-bond acceptors (Lipinski definition) is 4. The minimum Gasteiger partial charge on any atom is -0.491 e. The van der Waals surface area contributed by atoms with Gasteiger partial charge in [-0.05, 0) is 31.0 Å². The fourth-order valence-electron chi connectivity index (χ4n) is 2.18. The van der Waals surface area contributed by atoms with E-state index in [9.17, 15) is 5.11 Å². The molecule has 21 heavy (non-hydrogen) atoms. The van der Waals surface area contributed by atoms with Gasteiger partial charge in [-0.3, -0.25) is 4.68 Å². The molecule has 0 fully saturated rings. The Kier molecular flexibility index (Phi) is 5.22. The van der Waals surface area contributed by atoms with Crippen LogP contribution in [0.4, 0.5) is 5.69 Å². The summed E-state index contributed by atoms with van der Waals surface area (Å²) in [5.41, 5.74) is 8.52. The van der Waals surface area contributed by atoms with Crippen molar-refractivity contribution in [3.05, 3.63) is 41.7 Å². The molecule has 0 radical (unpaired) electrons. The first-order chi connectivity index (χ1) is 10.1. The second-order valence-corrected chi connectivity index (χ2v) is 5.05. The molecule has 0 aliphatic heterocycles. The maximum atomic E-state index is 10.1. The third-order valence-corrected chi connectivity index (χ3v) is 3.32. The van der Waals surface area contributed by atoms with Crippen LogP contribution in [0, 0.1) is 0 Å². The molecule has 0 saturated carbocycles. The molecule has 2 rings (SSSR count). The van der Waals surface area contributed by atoms with Crippen LogP contribution in [0.5, 0.6) is 5.75 Å². The quantitative estimate of drug-likeness (QED) is 0.765. The van der Waals surface area contributed by atoms with Gasteiger partial charge in [0.25, 0.3) is 0 Å². The fourth-order valence-corrected chi connectivity index (χ4v) is 2.18. The average molecular weight is 289 g/mol. The Morgan fingerprint density at radius 2 is 2.10 bits per heavy atom. The molecule has 1 heterocycles. The highest BCUT2D eigenvalue weighted by molar-refractivity contribution is 5.43. The van der Waals surface area contributed by atoms with Crippen molar-refractivity contribution in [2.45, 2.75) is 39.3 Å². The summed E-state index contributed by atoms with van der Waals surface area (Å²) in [6.07, 6.45) is 1.19. The molecule has 1 aromatic heterocycles. The second kappa shape index (κ2) is 7.13. The standard InChI is InChI=1S/C16H23N3O2/c1-3-13-9-14(4-2)19(18-13)10-15(20)11-21-16-7-5-6-12(17)8-16/h5-9,15,20H,3-4,10-11,17H2,1-2H3. The molecule has 1 unspecified atom stereocenters. The van der Waals surface area contributed by atoms with Crippen molar-refractivity contribution in [1.29, 1.82) is 0 Å². The molecule has 0 saturated heterocycles. The summed E-state index contributed by atoms with van der Waals surface area (Å²) in [4.78, 5) is 0. The predicted molar refractivity (Wildman–Crippen MR) is 83.3 cm³/mol. The molecule has 0 aliphatic carbocycles. The van der Waals surface area contributed by atoms with E-state index in [1.807, 2.05) is 16.8 Å². The Labute approximate surface area is 125 Å². The second-order valence-electron chi connectivity index (χ2n) is 5.05. The van der Waals surface area contributed by atoms with Crippen LogP contribution in [0.25, 0.3) is 0 Å². The third-order valence-electron chi connectivity index (χ3n) is 3.32. The average Bonchev–Trinajstić information content (AvgIpc) is 2.87. The third kappa shape index (κ3) is 4.23. The van der Waals surface area contributed by atoms with E-state index in [4.69, 9.17) is 10.5 Å². The van der Waals surface area contributed by atoms with Crippen molar-refractivity contribution < 1.29 is 9.84 Å². The SMILES string of the molecule is CCc1cc(CC)n(CC(O)COc2cccc(N)c2)n1. The van der Waals surface area contributed by atoms with Gasteiger partial charge in [0, 0.05) is 17.4 Å². The number of aromatic nitrogens is 2. The van der Waals surface area contributed by atoms with Crippen LogP contribution in [0.15, 0.2) is 30.3 Å². The Morgan fingerprint density at radius 1 is 1.29 bits per heavy atom. The molecule has 0 spiro atoms. The lowest BCUT2D eigenvalue weighted by Crippen LogP contribution is -2.25. The zero-order chi connectivity index (χ0) is 15.2. The number of anilines is 1. The molecule has 0 amide bonds. The highest BCUT2D eigenvalue weighted by Crippen LogP contribution is 2.15. The molecule has 1 atom stereocenters. The number of rotatable bonds is 7. The zero-order valence-corrected chi connectivity index (χ0v) is 12.6. The number of aryl methyl sites for hydroxylation is 2. The normalized spacial score (nSPS) is 12.3. The van der Waals surface area contributed by atoms with Crippen molar-refractivity contribution in [3.63, 3.8) is 0 Å². The first kappa shape index (κ1) is 15.4. The number of aliphatic hydroxyl groups excluding tert-OH is 1. The van der Waals surface area contributed by atoms with E-state index >= 15 is 0 Å². The number of benzene rings is 1. The van der Waals surface area contributed by atoms with Gasteiger partial charge in [0.2, 0.25) is 0 Å². The number of ether oxygens (including phenoxy) is 1. The van der Waals surface area contributed by atoms with E-state index < -0.39 is 6.10 Å². The fraction of sp³-hybridized carbons (Fsp3) is 0.438. The van der Waals surface area contributed by atoms with Crippen LogP contribution in [-0.2, 0) is 19.4 Å². The summed E-state index contributed by atoms with van der Waals surface area (Å²) in [7, 11) is 0. The summed E-state index contributed by atoms with van der Waals surface area (Å²) in [6, 6.07) is 9.28. The Morgan fingerprint density at radius 3 is 2.76 bits per heavy atom. The number of nitrogens with two attached hydrogens (primary N) is 1. The summed E-state index contributed by atoms with van der Waals surface area (Å²) in [5, 5.41) is 14.6. The van der Waals surface area contributed by atoms with Gasteiger partial charge in [-0.25, -0.2) is 0 Å². The lowest BCUT2D eigenvalue weighted by Gasteiger charge is -2.14. The predicted octanol–water partition coefficient (Wildman–Crippen LogP) is 2.03. The molecule has 5 heteroatoms. The number of nitrogens with zero attached hydrogens (tertiary/aromatic N) is 2. The zero-order valence-electron chi connectivity index (χ0n) is 12.6. The van der Waals surface area contributed by atoms with E-state index in [1.165, 1.54) is 0 Å². The number of hydrogen-bond donors (Lipinski definition) is 2. The summed E-state index contributed by atoms with van der Waals surface area (Å²) >= 11 is 0. The molecule has 2 aromatic rings. The Hall–Kier alpha value is -2.01. The van der Waals surface area contributed by atoms with Gasteiger partial charge in [0.15, 0.2) is 0 Å². The maximum absolute atomic E-state index is 10.1. The van der Waals surface area contributed by atoms with E-state index in [-0.39, 0.29) is 6.61 Å². The van der Waals surface area contributed by atoms with Crippen molar-refractivity contribution in [2.75, 3.05) is 12.3 Å². The minimum absolute atomic E-state index is 0.216. The molecule has 5 nitrogen and oxygen atoms in total. The molecule has 0 aliphatic rings. The largest absolute Gasteiger partial charge is 0.491 e. The number of nitrogen functional groups attached to an aromatic ring is 1. The van der Waals surface area contributed by atoms with Crippen LogP contribution in [-0.4, -0.2) is 27.6 Å². The van der Waals surface area contributed by atoms with Crippen molar-refractivity contribution in [3.8, 4) is 5.75 Å². The van der Waals surface area contributed by atoms with Crippen LogP contribution < -0.4 is 10.5 Å². The first-order valence-corrected chi connectivity index (χ1v) is 7.34. The lowest BCUT2D eigenvalue weighted by atomic mass is 10.2. The van der Waals surface area contributed by atoms with Crippen LogP contribution >= 0.6 is 0 Å². The molecule has 1 aromatic carbocycles. The Balaban J connectivity index is 1.92. The summed E-state index contributed by atoms with van der Waals surface area (Å²) in [5.74, 6) is 0.666. The highest BCUT2D eigenvalue weighted by Gasteiger charge is 2.11. The molecule has 3 N–H and O–H groups in total. The van der Waals surface area contributed by atoms with Gasteiger partial charge >= 0.3 is 0 Å². The van der Waals surface area contributed by atoms with Crippen LogP contribution in [0.1, 0.15) is 25.2 Å². The van der Waals surface area contributed by atoms with E-state index in [0.717, 1.165) is 24.2 Å². The van der Waals surface area contributed by atoms with Crippen LogP contribution in [0.3, 0.4) is 0 Å². The topological polar surface area (TPSA) is 73.3 Å². The summed E-state index contributed by atoms with van der Waals surface area (Å²) in [6.45, 7) is 4.81. The molecular formula is C16H23N3O2. The monoisotopic (exact) mass is 289 g/mol. The van der Waals surface area contributed by atoms with Gasteiger partial charge in [0.05, 0.1) is 12.2 Å². The van der Waals surface area contributed by atoms with Gasteiger partial charge in [-0.2, -0.15) is 5.10 Å².